The van der Waals surface area contributed by atoms with Gasteiger partial charge in [0.15, 0.2) is 5.76 Å². The quantitative estimate of drug-likeness (QED) is 0.393. The summed E-state index contributed by atoms with van der Waals surface area (Å²) in [7, 11) is 1.62. The predicted molar refractivity (Wildman–Crippen MR) is 134 cm³/mol. The lowest BCUT2D eigenvalue weighted by Crippen LogP contribution is -2.22. The number of amides is 1. The molecule has 1 amide bonds. The maximum absolute atomic E-state index is 13.9. The fourth-order valence-electron chi connectivity index (χ4n) is 4.50. The molecule has 1 saturated carbocycles. The molecule has 8 heteroatoms. The van der Waals surface area contributed by atoms with Gasteiger partial charge in [0.2, 0.25) is 0 Å². The normalized spacial score (nSPS) is 14.2. The van der Waals surface area contributed by atoms with Gasteiger partial charge in [-0.25, -0.2) is 4.39 Å². The summed E-state index contributed by atoms with van der Waals surface area (Å²) < 4.78 is 27.6. The Morgan fingerprint density at radius 1 is 1.17 bits per heavy atom. The Labute approximate surface area is 207 Å². The van der Waals surface area contributed by atoms with Crippen LogP contribution < -0.4 is 15.6 Å². The first kappa shape index (κ1) is 23.8. The van der Waals surface area contributed by atoms with Gasteiger partial charge in [-0.2, -0.15) is 0 Å². The van der Waals surface area contributed by atoms with E-state index in [-0.39, 0.29) is 28.1 Å². The maximum atomic E-state index is 13.9. The smallest absolute Gasteiger partial charge is 0.287 e. The lowest BCUT2D eigenvalue weighted by atomic mass is 9.98. The summed E-state index contributed by atoms with van der Waals surface area (Å²) in [5, 5.41) is 13.7. The van der Waals surface area contributed by atoms with Crippen LogP contribution in [-0.4, -0.2) is 22.1 Å². The van der Waals surface area contributed by atoms with E-state index in [2.05, 4.69) is 5.32 Å². The fraction of sp³-hybridized carbons (Fsp3) is 0.286. The van der Waals surface area contributed by atoms with Gasteiger partial charge in [0, 0.05) is 37.0 Å². The number of aliphatic hydroxyl groups is 1. The summed E-state index contributed by atoms with van der Waals surface area (Å²) in [5.41, 5.74) is 2.11. The van der Waals surface area contributed by atoms with Gasteiger partial charge < -0.3 is 24.1 Å². The van der Waals surface area contributed by atoms with Gasteiger partial charge >= 0.3 is 0 Å². The Morgan fingerprint density at radius 2 is 1.86 bits per heavy atom. The molecule has 2 aromatic carbocycles. The van der Waals surface area contributed by atoms with E-state index in [9.17, 15) is 19.1 Å². The standard InChI is InChI=1S/C28H27FN2O5/c1-5-30-26(32)23-13-20-25(36-23)21(14-31(4)27(20)33)19-12-17(28(34)8-9-28)6-7-22(19)35-24-15(2)10-18(29)11-16(24)3/h6-7,10-14,34H,5,8-9H2,1-4H3,(H,30,32). The van der Waals surface area contributed by atoms with Crippen molar-refractivity contribution in [3.05, 3.63) is 81.2 Å². The lowest BCUT2D eigenvalue weighted by molar-refractivity contribution is 0.0930. The van der Waals surface area contributed by atoms with Crippen molar-refractivity contribution >= 4 is 16.9 Å². The third kappa shape index (κ3) is 4.07. The predicted octanol–water partition coefficient (Wildman–Crippen LogP) is 5.08. The molecule has 1 fully saturated rings. The molecule has 1 aliphatic carbocycles. The number of furan rings is 1. The average Bonchev–Trinajstić information content (AvgIpc) is 3.42. The number of benzene rings is 2. The van der Waals surface area contributed by atoms with Crippen molar-refractivity contribution in [1.82, 2.24) is 9.88 Å². The number of aromatic nitrogens is 1. The van der Waals surface area contributed by atoms with Crippen LogP contribution >= 0.6 is 0 Å². The summed E-state index contributed by atoms with van der Waals surface area (Å²) in [6, 6.07) is 9.64. The van der Waals surface area contributed by atoms with Gasteiger partial charge in [0.25, 0.3) is 11.5 Å². The van der Waals surface area contributed by atoms with Crippen LogP contribution in [0.1, 0.15) is 47.0 Å². The molecule has 0 atom stereocenters. The fourth-order valence-corrected chi connectivity index (χ4v) is 4.50. The Bertz CT molecular complexity index is 1560. The SMILES string of the molecule is CCNC(=O)c1cc2c(=O)n(C)cc(-c3cc(C4(O)CC4)ccc3Oc3c(C)cc(F)cc3C)c2o1. The zero-order valence-corrected chi connectivity index (χ0v) is 20.6. The average molecular weight is 491 g/mol. The zero-order valence-electron chi connectivity index (χ0n) is 20.6. The van der Waals surface area contributed by atoms with Crippen molar-refractivity contribution in [2.45, 2.75) is 39.2 Å². The molecule has 0 unspecified atom stereocenters. The molecule has 5 rings (SSSR count). The molecule has 7 nitrogen and oxygen atoms in total. The van der Waals surface area contributed by atoms with E-state index in [1.54, 1.807) is 46.1 Å². The molecule has 0 saturated heterocycles. The molecule has 2 heterocycles. The number of rotatable bonds is 6. The van der Waals surface area contributed by atoms with Crippen LogP contribution in [0.3, 0.4) is 0 Å². The van der Waals surface area contributed by atoms with Crippen molar-refractivity contribution in [3.8, 4) is 22.6 Å². The molecule has 2 N–H and O–H groups in total. The van der Waals surface area contributed by atoms with Crippen LogP contribution in [0.4, 0.5) is 4.39 Å². The third-order valence-corrected chi connectivity index (χ3v) is 6.58. The summed E-state index contributed by atoms with van der Waals surface area (Å²) in [6.45, 7) is 5.74. The van der Waals surface area contributed by atoms with Crippen LogP contribution in [0.15, 0.2) is 51.8 Å². The van der Waals surface area contributed by atoms with Gasteiger partial charge in [0.1, 0.15) is 22.9 Å². The van der Waals surface area contributed by atoms with Crippen molar-refractivity contribution in [2.24, 2.45) is 7.05 Å². The van der Waals surface area contributed by atoms with E-state index in [0.29, 0.717) is 53.1 Å². The molecule has 1 aliphatic rings. The molecule has 4 aromatic rings. The van der Waals surface area contributed by atoms with Crippen molar-refractivity contribution in [3.63, 3.8) is 0 Å². The van der Waals surface area contributed by atoms with E-state index in [1.165, 1.54) is 22.8 Å². The topological polar surface area (TPSA) is 93.7 Å². The number of pyridine rings is 1. The summed E-state index contributed by atoms with van der Waals surface area (Å²) in [5.74, 6) is 0.214. The molecular weight excluding hydrogens is 463 g/mol. The second-order valence-electron chi connectivity index (χ2n) is 9.39. The van der Waals surface area contributed by atoms with E-state index in [0.717, 1.165) is 5.56 Å². The highest BCUT2D eigenvalue weighted by molar-refractivity contribution is 6.00. The van der Waals surface area contributed by atoms with E-state index >= 15 is 0 Å². The van der Waals surface area contributed by atoms with Crippen molar-refractivity contribution < 1.29 is 23.4 Å². The summed E-state index contributed by atoms with van der Waals surface area (Å²) in [4.78, 5) is 25.4. The number of fused-ring (bicyclic) bond motifs is 1. The van der Waals surface area contributed by atoms with Crippen LogP contribution in [0.5, 0.6) is 11.5 Å². The summed E-state index contributed by atoms with van der Waals surface area (Å²) in [6.07, 6.45) is 2.92. The van der Waals surface area contributed by atoms with Crippen molar-refractivity contribution in [1.29, 1.82) is 0 Å². The summed E-state index contributed by atoms with van der Waals surface area (Å²) >= 11 is 0. The molecule has 0 aliphatic heterocycles. The van der Waals surface area contributed by atoms with Crippen LogP contribution in [-0.2, 0) is 12.6 Å². The van der Waals surface area contributed by atoms with E-state index in [1.807, 2.05) is 6.07 Å². The number of hydrogen-bond donors (Lipinski definition) is 2. The number of carbonyl (C=O) groups excluding carboxylic acids is 1. The number of halogens is 1. The van der Waals surface area contributed by atoms with Crippen molar-refractivity contribution in [2.75, 3.05) is 6.54 Å². The monoisotopic (exact) mass is 490 g/mol. The molecule has 186 valence electrons. The second-order valence-corrected chi connectivity index (χ2v) is 9.39. The molecular formula is C28H27FN2O5. The van der Waals surface area contributed by atoms with Gasteiger partial charge in [-0.1, -0.05) is 6.07 Å². The zero-order chi connectivity index (χ0) is 25.8. The van der Waals surface area contributed by atoms with Crippen LogP contribution in [0, 0.1) is 19.7 Å². The van der Waals surface area contributed by atoms with E-state index in [4.69, 9.17) is 9.15 Å². The molecule has 0 bridgehead atoms. The minimum atomic E-state index is -0.913. The highest BCUT2D eigenvalue weighted by atomic mass is 19.1. The second kappa shape index (κ2) is 8.64. The first-order chi connectivity index (χ1) is 17.1. The first-order valence-corrected chi connectivity index (χ1v) is 11.8. The minimum absolute atomic E-state index is 0.0288. The highest BCUT2D eigenvalue weighted by Crippen LogP contribution is 2.48. The third-order valence-electron chi connectivity index (χ3n) is 6.58. The first-order valence-electron chi connectivity index (χ1n) is 11.8. The molecule has 0 spiro atoms. The van der Waals surface area contributed by atoms with Gasteiger partial charge in [-0.15, -0.1) is 0 Å². The number of aryl methyl sites for hydroxylation is 3. The number of nitrogens with zero attached hydrogens (tertiary/aromatic N) is 1. The number of carbonyl (C=O) groups is 1. The Hall–Kier alpha value is -3.91. The molecule has 0 radical (unpaired) electrons. The van der Waals surface area contributed by atoms with E-state index < -0.39 is 11.5 Å². The Kier molecular flexibility index (Phi) is 5.71. The van der Waals surface area contributed by atoms with Gasteiger partial charge in [-0.3, -0.25) is 9.59 Å². The number of hydrogen-bond acceptors (Lipinski definition) is 5. The minimum Gasteiger partial charge on any atom is -0.456 e. The number of nitrogens with one attached hydrogen (secondary N) is 1. The Morgan fingerprint density at radius 3 is 2.50 bits per heavy atom. The highest BCUT2D eigenvalue weighted by Gasteiger charge is 2.42. The maximum Gasteiger partial charge on any atom is 0.287 e. The number of ether oxygens (including phenoxy) is 1. The molecule has 2 aromatic heterocycles. The van der Waals surface area contributed by atoms with Gasteiger partial charge in [-0.05, 0) is 74.6 Å². The largest absolute Gasteiger partial charge is 0.456 e. The molecule has 36 heavy (non-hydrogen) atoms. The van der Waals surface area contributed by atoms with Crippen LogP contribution in [0.2, 0.25) is 0 Å². The Balaban J connectivity index is 1.74. The lowest BCUT2D eigenvalue weighted by Gasteiger charge is -2.18. The van der Waals surface area contributed by atoms with Crippen LogP contribution in [0.25, 0.3) is 22.1 Å². The van der Waals surface area contributed by atoms with Gasteiger partial charge in [0.05, 0.1) is 11.0 Å².